The predicted octanol–water partition coefficient (Wildman–Crippen LogP) is 2.21. The Kier molecular flexibility index (Phi) is 3.28. The van der Waals surface area contributed by atoms with Gasteiger partial charge in [0.1, 0.15) is 0 Å². The lowest BCUT2D eigenvalue weighted by atomic mass is 10.1. The molecule has 1 aliphatic carbocycles. The molecule has 3 nitrogen and oxygen atoms in total. The Bertz CT molecular complexity index is 444. The molecule has 17 heavy (non-hydrogen) atoms. The summed E-state index contributed by atoms with van der Waals surface area (Å²) < 4.78 is 26.9. The van der Waals surface area contributed by atoms with E-state index < -0.39 is 12.0 Å². The van der Waals surface area contributed by atoms with Crippen molar-refractivity contribution in [1.29, 1.82) is 0 Å². The average molecular weight is 242 g/mol. The first kappa shape index (κ1) is 12.2. The number of aromatic amines is 1. The van der Waals surface area contributed by atoms with Crippen LogP contribution in [0, 0.1) is 0 Å². The molecule has 0 aliphatic heterocycles. The van der Waals surface area contributed by atoms with Crippen molar-refractivity contribution in [2.24, 2.45) is 0 Å². The summed E-state index contributed by atoms with van der Waals surface area (Å²) in [5, 5.41) is 2.91. The van der Waals surface area contributed by atoms with E-state index in [1.807, 2.05) is 0 Å². The van der Waals surface area contributed by atoms with Crippen LogP contribution in [0.5, 0.6) is 0 Å². The first-order chi connectivity index (χ1) is 7.99. The fraction of sp³-hybridized carbons (Fsp3) is 0.583. The second-order valence-corrected chi connectivity index (χ2v) is 4.58. The minimum Gasteiger partial charge on any atom is -0.329 e. The summed E-state index contributed by atoms with van der Waals surface area (Å²) in [7, 11) is 0. The van der Waals surface area contributed by atoms with E-state index in [1.54, 1.807) is 13.0 Å². The molecule has 1 aromatic rings. The van der Waals surface area contributed by atoms with Gasteiger partial charge in [-0.3, -0.25) is 4.79 Å². The molecule has 1 heterocycles. The van der Waals surface area contributed by atoms with Gasteiger partial charge in [0.25, 0.3) is 5.92 Å². The quantitative estimate of drug-likeness (QED) is 0.853. The molecule has 1 aliphatic rings. The van der Waals surface area contributed by atoms with Gasteiger partial charge in [-0.05, 0) is 31.4 Å². The standard InChI is InChI=1S/C12H16F2N2O/c1-8(9-4-6-15-11(17)7-9)16-10-3-2-5-12(10,13)14/h4,6-8,10,16H,2-3,5H2,1H3,(H,15,17). The molecule has 5 heteroatoms. The second-order valence-electron chi connectivity index (χ2n) is 4.58. The van der Waals surface area contributed by atoms with Crippen LogP contribution in [0.15, 0.2) is 23.1 Å². The first-order valence-electron chi connectivity index (χ1n) is 5.81. The lowest BCUT2D eigenvalue weighted by Crippen LogP contribution is -2.41. The first-order valence-corrected chi connectivity index (χ1v) is 5.81. The molecule has 1 aromatic heterocycles. The number of H-pyrrole nitrogens is 1. The third-order valence-electron chi connectivity index (χ3n) is 3.26. The molecule has 0 radical (unpaired) electrons. The third kappa shape index (κ3) is 2.72. The molecule has 2 unspecified atom stereocenters. The number of hydrogen-bond donors (Lipinski definition) is 2. The van der Waals surface area contributed by atoms with Gasteiger partial charge in [0.2, 0.25) is 5.56 Å². The maximum atomic E-state index is 13.4. The fourth-order valence-corrected chi connectivity index (χ4v) is 2.26. The second kappa shape index (κ2) is 4.56. The minimum atomic E-state index is -2.63. The van der Waals surface area contributed by atoms with Crippen molar-refractivity contribution in [3.8, 4) is 0 Å². The molecule has 1 fully saturated rings. The van der Waals surface area contributed by atoms with E-state index in [1.165, 1.54) is 12.3 Å². The van der Waals surface area contributed by atoms with Crippen LogP contribution in [-0.2, 0) is 0 Å². The van der Waals surface area contributed by atoms with Crippen molar-refractivity contribution in [3.63, 3.8) is 0 Å². The van der Waals surface area contributed by atoms with Gasteiger partial charge in [-0.2, -0.15) is 0 Å². The average Bonchev–Trinajstić information content (AvgIpc) is 2.58. The Morgan fingerprint density at radius 1 is 1.59 bits per heavy atom. The Labute approximate surface area is 98.2 Å². The molecule has 0 spiro atoms. The summed E-state index contributed by atoms with van der Waals surface area (Å²) in [5.41, 5.74) is 0.519. The smallest absolute Gasteiger partial charge is 0.263 e. The lowest BCUT2D eigenvalue weighted by Gasteiger charge is -2.24. The van der Waals surface area contributed by atoms with Gasteiger partial charge in [0.15, 0.2) is 0 Å². The van der Waals surface area contributed by atoms with E-state index in [-0.39, 0.29) is 18.0 Å². The van der Waals surface area contributed by atoms with Crippen LogP contribution in [0.1, 0.15) is 37.8 Å². The largest absolute Gasteiger partial charge is 0.329 e. The van der Waals surface area contributed by atoms with Crippen LogP contribution in [0.3, 0.4) is 0 Å². The molecule has 2 N–H and O–H groups in total. The summed E-state index contributed by atoms with van der Waals surface area (Å²) in [5.74, 6) is -2.63. The molecule has 94 valence electrons. The number of hydrogen-bond acceptors (Lipinski definition) is 2. The summed E-state index contributed by atoms with van der Waals surface area (Å²) in [6.07, 6.45) is 2.52. The number of pyridine rings is 1. The van der Waals surface area contributed by atoms with Gasteiger partial charge in [-0.1, -0.05) is 0 Å². The van der Waals surface area contributed by atoms with E-state index in [0.717, 1.165) is 5.56 Å². The van der Waals surface area contributed by atoms with Gasteiger partial charge < -0.3 is 10.3 Å². The highest BCUT2D eigenvalue weighted by Crippen LogP contribution is 2.36. The number of rotatable bonds is 3. The van der Waals surface area contributed by atoms with Crippen LogP contribution < -0.4 is 10.9 Å². The van der Waals surface area contributed by atoms with Crippen LogP contribution in [0.2, 0.25) is 0 Å². The predicted molar refractivity (Wildman–Crippen MR) is 61.2 cm³/mol. The maximum absolute atomic E-state index is 13.4. The topological polar surface area (TPSA) is 44.9 Å². The Hall–Kier alpha value is -1.23. The van der Waals surface area contributed by atoms with Gasteiger partial charge >= 0.3 is 0 Å². The van der Waals surface area contributed by atoms with Crippen molar-refractivity contribution in [2.75, 3.05) is 0 Å². The monoisotopic (exact) mass is 242 g/mol. The zero-order chi connectivity index (χ0) is 12.5. The Morgan fingerprint density at radius 2 is 2.35 bits per heavy atom. The molecule has 0 aromatic carbocycles. The third-order valence-corrected chi connectivity index (χ3v) is 3.26. The van der Waals surface area contributed by atoms with E-state index in [0.29, 0.717) is 12.8 Å². The van der Waals surface area contributed by atoms with Crippen molar-refractivity contribution in [1.82, 2.24) is 10.3 Å². The molecule has 2 atom stereocenters. The molecule has 0 saturated heterocycles. The van der Waals surface area contributed by atoms with E-state index >= 15 is 0 Å². The molecule has 0 bridgehead atoms. The maximum Gasteiger partial charge on any atom is 0.263 e. The van der Waals surface area contributed by atoms with Gasteiger partial charge in [0.05, 0.1) is 6.04 Å². The SMILES string of the molecule is CC(NC1CCCC1(F)F)c1cc[nH]c(=O)c1. The lowest BCUT2D eigenvalue weighted by molar-refractivity contribution is -0.0206. The summed E-state index contributed by atoms with van der Waals surface area (Å²) in [6.45, 7) is 1.79. The number of nitrogens with one attached hydrogen (secondary N) is 2. The highest BCUT2D eigenvalue weighted by atomic mass is 19.3. The van der Waals surface area contributed by atoms with Crippen LogP contribution in [0.25, 0.3) is 0 Å². The summed E-state index contributed by atoms with van der Waals surface area (Å²) >= 11 is 0. The number of alkyl halides is 2. The highest BCUT2D eigenvalue weighted by molar-refractivity contribution is 5.15. The van der Waals surface area contributed by atoms with Crippen LogP contribution >= 0.6 is 0 Å². The van der Waals surface area contributed by atoms with Gasteiger partial charge in [-0.15, -0.1) is 0 Å². The van der Waals surface area contributed by atoms with Crippen LogP contribution in [0.4, 0.5) is 8.78 Å². The summed E-state index contributed by atoms with van der Waals surface area (Å²) in [6, 6.07) is 2.14. The van der Waals surface area contributed by atoms with Gasteiger partial charge in [-0.25, -0.2) is 8.78 Å². The van der Waals surface area contributed by atoms with Crippen molar-refractivity contribution in [2.45, 2.75) is 44.2 Å². The molecular formula is C12H16F2N2O. The Balaban J connectivity index is 2.07. The molecule has 2 rings (SSSR count). The number of aromatic nitrogens is 1. The van der Waals surface area contributed by atoms with E-state index in [4.69, 9.17) is 0 Å². The zero-order valence-electron chi connectivity index (χ0n) is 9.67. The van der Waals surface area contributed by atoms with Crippen molar-refractivity contribution >= 4 is 0 Å². The van der Waals surface area contributed by atoms with Gasteiger partial charge in [0, 0.05) is 24.7 Å². The number of halogens is 2. The van der Waals surface area contributed by atoms with Crippen LogP contribution in [-0.4, -0.2) is 16.9 Å². The summed E-state index contributed by atoms with van der Waals surface area (Å²) in [4.78, 5) is 13.6. The van der Waals surface area contributed by atoms with Crippen molar-refractivity contribution in [3.05, 3.63) is 34.2 Å². The zero-order valence-corrected chi connectivity index (χ0v) is 9.67. The fourth-order valence-electron chi connectivity index (χ4n) is 2.26. The molecule has 0 amide bonds. The normalized spacial score (nSPS) is 24.8. The molecular weight excluding hydrogens is 226 g/mol. The Morgan fingerprint density at radius 3 is 2.94 bits per heavy atom. The minimum absolute atomic E-state index is 0.0488. The van der Waals surface area contributed by atoms with Crippen molar-refractivity contribution < 1.29 is 8.78 Å². The van der Waals surface area contributed by atoms with E-state index in [9.17, 15) is 13.6 Å². The van der Waals surface area contributed by atoms with E-state index in [2.05, 4.69) is 10.3 Å². The highest BCUT2D eigenvalue weighted by Gasteiger charge is 2.44. The molecule has 1 saturated carbocycles.